The normalized spacial score (nSPS) is 21.5. The van der Waals surface area contributed by atoms with Crippen LogP contribution in [0.15, 0.2) is 41.6 Å². The van der Waals surface area contributed by atoms with Crippen molar-refractivity contribution in [2.24, 2.45) is 0 Å². The molecule has 3 aliphatic heterocycles. The number of piperidine rings is 1. The molecule has 0 aliphatic carbocycles. The number of benzene rings is 1. The van der Waals surface area contributed by atoms with Crippen LogP contribution in [0.1, 0.15) is 18.9 Å². The molecule has 2 unspecified atom stereocenters. The van der Waals surface area contributed by atoms with Crippen molar-refractivity contribution in [1.29, 1.82) is 0 Å². The van der Waals surface area contributed by atoms with Gasteiger partial charge in [-0.3, -0.25) is 4.79 Å². The zero-order chi connectivity index (χ0) is 21.0. The fourth-order valence-electron chi connectivity index (χ4n) is 4.38. The van der Waals surface area contributed by atoms with Crippen LogP contribution in [0.5, 0.6) is 0 Å². The van der Waals surface area contributed by atoms with Gasteiger partial charge < -0.3 is 10.2 Å². The van der Waals surface area contributed by atoms with E-state index < -0.39 is 10.0 Å². The van der Waals surface area contributed by atoms with Gasteiger partial charge in [0.1, 0.15) is 12.1 Å². The molecule has 6 rings (SSSR count). The number of aryl methyl sites for hydroxylation is 1. The highest BCUT2D eigenvalue weighted by Crippen LogP contribution is 2.39. The number of piperazine rings is 1. The van der Waals surface area contributed by atoms with E-state index in [1.54, 1.807) is 40.3 Å². The number of hydrogen-bond acceptors (Lipinski definition) is 7. The first-order valence-corrected chi connectivity index (χ1v) is 11.1. The molecule has 3 fully saturated rings. The van der Waals surface area contributed by atoms with E-state index >= 15 is 0 Å². The highest BCUT2D eigenvalue weighted by atomic mass is 32.2. The summed E-state index contributed by atoms with van der Waals surface area (Å²) in [6, 6.07) is 8.44. The third-order valence-electron chi connectivity index (χ3n) is 5.65. The Bertz CT molecular complexity index is 1240. The molecular formula is C19H21N7O3S. The molecule has 0 radical (unpaired) electrons. The summed E-state index contributed by atoms with van der Waals surface area (Å²) in [5, 5.41) is 15.0. The van der Waals surface area contributed by atoms with Gasteiger partial charge in [-0.05, 0) is 49.2 Å². The van der Waals surface area contributed by atoms with E-state index in [-0.39, 0.29) is 22.9 Å². The van der Waals surface area contributed by atoms with Crippen molar-refractivity contribution >= 4 is 33.1 Å². The largest absolute Gasteiger partial charge is 0.352 e. The van der Waals surface area contributed by atoms with Crippen molar-refractivity contribution in [2.45, 2.75) is 37.2 Å². The maximum atomic E-state index is 13.3. The summed E-state index contributed by atoms with van der Waals surface area (Å²) in [4.78, 5) is 13.6. The van der Waals surface area contributed by atoms with E-state index in [0.29, 0.717) is 30.0 Å². The quantitative estimate of drug-likeness (QED) is 0.662. The zero-order valence-electron chi connectivity index (χ0n) is 16.6. The van der Waals surface area contributed by atoms with Crippen molar-refractivity contribution in [1.82, 2.24) is 24.1 Å². The Morgan fingerprint density at radius 1 is 1.17 bits per heavy atom. The van der Waals surface area contributed by atoms with E-state index in [1.165, 1.54) is 6.92 Å². The Balaban J connectivity index is 1.37. The van der Waals surface area contributed by atoms with Crippen molar-refractivity contribution in [3.05, 3.63) is 42.2 Å². The second kappa shape index (κ2) is 6.74. The number of hydrogen-bond donors (Lipinski definition) is 1. The summed E-state index contributed by atoms with van der Waals surface area (Å²) in [6.45, 7) is 4.33. The number of aromatic nitrogens is 4. The predicted molar refractivity (Wildman–Crippen MR) is 110 cm³/mol. The molecule has 2 aromatic heterocycles. The second-order valence-electron chi connectivity index (χ2n) is 7.77. The average Bonchev–Trinajstić information content (AvgIpc) is 3.14. The highest BCUT2D eigenvalue weighted by molar-refractivity contribution is 7.89. The fraction of sp³-hybridized carbons (Fsp3) is 0.368. The van der Waals surface area contributed by atoms with Crippen LogP contribution in [0.2, 0.25) is 0 Å². The van der Waals surface area contributed by atoms with Gasteiger partial charge in [0.2, 0.25) is 15.9 Å². The molecule has 1 aromatic carbocycles. The minimum Gasteiger partial charge on any atom is -0.352 e. The van der Waals surface area contributed by atoms with Crippen LogP contribution in [-0.4, -0.2) is 63.6 Å². The summed E-state index contributed by atoms with van der Waals surface area (Å²) in [7, 11) is -3.62. The lowest BCUT2D eigenvalue weighted by molar-refractivity contribution is -0.114. The molecule has 3 saturated heterocycles. The van der Waals surface area contributed by atoms with Gasteiger partial charge in [-0.2, -0.15) is 8.82 Å². The summed E-state index contributed by atoms with van der Waals surface area (Å²) in [5.41, 5.74) is 1.87. The zero-order valence-corrected chi connectivity index (χ0v) is 17.4. The maximum absolute atomic E-state index is 13.3. The van der Waals surface area contributed by atoms with Gasteiger partial charge in [0.05, 0.1) is 4.90 Å². The van der Waals surface area contributed by atoms with Crippen LogP contribution in [0.25, 0.3) is 5.65 Å². The van der Waals surface area contributed by atoms with E-state index in [0.717, 1.165) is 12.2 Å². The lowest BCUT2D eigenvalue weighted by atomic mass is 9.91. The number of carbonyl (C=O) groups excluding carboxylic acids is 1. The number of amides is 1. The molecule has 2 atom stereocenters. The van der Waals surface area contributed by atoms with Gasteiger partial charge in [0, 0.05) is 37.8 Å². The minimum atomic E-state index is -3.62. The number of sulfonamides is 1. The molecule has 1 N–H and O–H groups in total. The summed E-state index contributed by atoms with van der Waals surface area (Å²) in [6.07, 6.45) is 2.39. The molecule has 0 saturated carbocycles. The standard InChI is InChI=1S/C19H21N7O3S/c1-12-7-14(21-13(2)27)3-4-17(12)30(28,29)26-15-8-16(26)10-24(9-15)19-6-5-18-22-20-11-25(18)23-19/h3-7,11,15-16H,8-10H2,1-2H3,(H,21,27). The van der Waals surface area contributed by atoms with Crippen molar-refractivity contribution in [3.63, 3.8) is 0 Å². The van der Waals surface area contributed by atoms with Crippen molar-refractivity contribution in [3.8, 4) is 0 Å². The first kappa shape index (κ1) is 18.9. The Hall–Kier alpha value is -3.05. The summed E-state index contributed by atoms with van der Waals surface area (Å²) < 4.78 is 29.9. The fourth-order valence-corrected chi connectivity index (χ4v) is 6.40. The molecule has 1 amide bonds. The van der Waals surface area contributed by atoms with Crippen molar-refractivity contribution in [2.75, 3.05) is 23.3 Å². The first-order valence-electron chi connectivity index (χ1n) is 9.67. The Labute approximate surface area is 173 Å². The van der Waals surface area contributed by atoms with Crippen molar-refractivity contribution < 1.29 is 13.2 Å². The SMILES string of the molecule is CC(=O)Nc1ccc(S(=O)(=O)N2C3CC2CN(c2ccc4nncn4n2)C3)c(C)c1. The summed E-state index contributed by atoms with van der Waals surface area (Å²) >= 11 is 0. The molecule has 10 nitrogen and oxygen atoms in total. The average molecular weight is 427 g/mol. The Morgan fingerprint density at radius 3 is 2.63 bits per heavy atom. The third kappa shape index (κ3) is 3.01. The summed E-state index contributed by atoms with van der Waals surface area (Å²) in [5.74, 6) is 0.588. The van der Waals surface area contributed by atoms with Crippen LogP contribution in [-0.2, 0) is 14.8 Å². The van der Waals surface area contributed by atoms with E-state index in [9.17, 15) is 13.2 Å². The molecule has 11 heteroatoms. The lowest BCUT2D eigenvalue weighted by Gasteiger charge is -2.55. The van der Waals surface area contributed by atoms with E-state index in [2.05, 4.69) is 25.5 Å². The van der Waals surface area contributed by atoms with Gasteiger partial charge in [0.25, 0.3) is 0 Å². The van der Waals surface area contributed by atoms with Crippen LogP contribution >= 0.6 is 0 Å². The highest BCUT2D eigenvalue weighted by Gasteiger charge is 2.51. The number of anilines is 2. The Morgan fingerprint density at radius 2 is 1.93 bits per heavy atom. The molecule has 2 bridgehead atoms. The molecule has 3 aliphatic rings. The molecule has 5 heterocycles. The third-order valence-corrected chi connectivity index (χ3v) is 7.81. The molecular weight excluding hydrogens is 406 g/mol. The van der Waals surface area contributed by atoms with Crippen LogP contribution < -0.4 is 10.2 Å². The Kier molecular flexibility index (Phi) is 4.26. The van der Waals surface area contributed by atoms with Crippen LogP contribution in [0.3, 0.4) is 0 Å². The van der Waals surface area contributed by atoms with Gasteiger partial charge in [0.15, 0.2) is 5.65 Å². The molecule has 30 heavy (non-hydrogen) atoms. The number of carbonyl (C=O) groups is 1. The lowest BCUT2D eigenvalue weighted by Crippen LogP contribution is -2.70. The monoisotopic (exact) mass is 427 g/mol. The topological polar surface area (TPSA) is 113 Å². The first-order chi connectivity index (χ1) is 14.3. The van der Waals surface area contributed by atoms with Gasteiger partial charge >= 0.3 is 0 Å². The van der Waals surface area contributed by atoms with Crippen LogP contribution in [0, 0.1) is 6.92 Å². The van der Waals surface area contributed by atoms with E-state index in [1.807, 2.05) is 12.1 Å². The molecule has 0 spiro atoms. The number of rotatable bonds is 4. The second-order valence-corrected chi connectivity index (χ2v) is 9.58. The predicted octanol–water partition coefficient (Wildman–Crippen LogP) is 1.04. The van der Waals surface area contributed by atoms with Gasteiger partial charge in [-0.15, -0.1) is 15.3 Å². The smallest absolute Gasteiger partial charge is 0.243 e. The minimum absolute atomic E-state index is 0.0958. The molecule has 3 aromatic rings. The van der Waals surface area contributed by atoms with E-state index in [4.69, 9.17) is 0 Å². The number of nitrogens with zero attached hydrogens (tertiary/aromatic N) is 6. The number of fused-ring (bicyclic) bond motifs is 3. The molecule has 156 valence electrons. The van der Waals surface area contributed by atoms with Gasteiger partial charge in [-0.1, -0.05) is 0 Å². The number of nitrogens with one attached hydrogen (secondary N) is 1. The maximum Gasteiger partial charge on any atom is 0.243 e. The van der Waals surface area contributed by atoms with Gasteiger partial charge in [-0.25, -0.2) is 8.42 Å². The van der Waals surface area contributed by atoms with Crippen LogP contribution in [0.4, 0.5) is 11.5 Å².